The maximum atomic E-state index is 12.0. The molecule has 0 amide bonds. The van der Waals surface area contributed by atoms with Crippen molar-refractivity contribution in [1.82, 2.24) is 0 Å². The van der Waals surface area contributed by atoms with E-state index in [0.29, 0.717) is 11.5 Å². The molecule has 1 aromatic carbocycles. The fraction of sp³-hybridized carbons (Fsp3) is 0.600. The molecular formula is C20H30O4. The smallest absolute Gasteiger partial charge is 0.308 e. The topological polar surface area (TPSA) is 52.6 Å². The maximum absolute atomic E-state index is 12.0. The van der Waals surface area contributed by atoms with Gasteiger partial charge in [-0.2, -0.15) is 0 Å². The third-order valence-corrected chi connectivity index (χ3v) is 4.77. The molecule has 0 atom stereocenters. The van der Waals surface area contributed by atoms with Crippen LogP contribution in [-0.4, -0.2) is 17.4 Å². The van der Waals surface area contributed by atoms with Gasteiger partial charge < -0.3 is 9.47 Å². The van der Waals surface area contributed by atoms with Crippen molar-refractivity contribution in [2.24, 2.45) is 5.41 Å². The molecule has 0 aliphatic rings. The molecule has 1 rings (SSSR count). The molecule has 0 aliphatic carbocycles. The van der Waals surface area contributed by atoms with Gasteiger partial charge in [0.15, 0.2) is 0 Å². The van der Waals surface area contributed by atoms with Crippen molar-refractivity contribution >= 4 is 11.8 Å². The molecule has 0 fully saturated rings. The summed E-state index contributed by atoms with van der Waals surface area (Å²) < 4.78 is 11.5. The number of rotatable bonds is 5. The van der Waals surface area contributed by atoms with E-state index >= 15 is 0 Å². The van der Waals surface area contributed by atoms with Gasteiger partial charge in [-0.25, -0.2) is 0 Å². The van der Waals surface area contributed by atoms with Crippen molar-refractivity contribution in [3.8, 4) is 11.5 Å². The molecule has 0 saturated heterocycles. The van der Waals surface area contributed by atoms with E-state index in [2.05, 4.69) is 20.8 Å². The third-order valence-electron chi connectivity index (χ3n) is 4.77. The summed E-state index contributed by atoms with van der Waals surface area (Å²) >= 11 is 0. The third kappa shape index (κ3) is 4.37. The Morgan fingerprint density at radius 1 is 0.917 bits per heavy atom. The van der Waals surface area contributed by atoms with Crippen LogP contribution in [0.1, 0.15) is 67.9 Å². The zero-order chi connectivity index (χ0) is 18.9. The first-order chi connectivity index (χ1) is 10.7. The Labute approximate surface area is 145 Å². The summed E-state index contributed by atoms with van der Waals surface area (Å²) in [7, 11) is 0. The van der Waals surface area contributed by atoms with E-state index in [4.69, 9.17) is 9.47 Å². The van der Waals surface area contributed by atoms with Crippen LogP contribution in [0, 0.1) is 5.41 Å². The fourth-order valence-electron chi connectivity index (χ4n) is 2.24. The Morgan fingerprint density at radius 2 is 1.46 bits per heavy atom. The van der Waals surface area contributed by atoms with Crippen molar-refractivity contribution in [2.75, 3.05) is 0 Å². The molecule has 0 unspecified atom stereocenters. The lowest BCUT2D eigenvalue weighted by Crippen LogP contribution is -2.48. The Bertz CT molecular complexity index is 634. The van der Waals surface area contributed by atoms with E-state index in [0.717, 1.165) is 5.56 Å². The molecule has 134 valence electrons. The van der Waals surface area contributed by atoms with Gasteiger partial charge in [0.1, 0.15) is 22.9 Å². The minimum absolute atomic E-state index is 0.0707. The van der Waals surface area contributed by atoms with Crippen LogP contribution in [0.25, 0.3) is 0 Å². The summed E-state index contributed by atoms with van der Waals surface area (Å²) in [5.74, 6) is 0.893. The van der Waals surface area contributed by atoms with Crippen LogP contribution in [0.3, 0.4) is 0 Å². The summed E-state index contributed by atoms with van der Waals surface area (Å²) in [6.07, 6.45) is 0. The average molecular weight is 334 g/mol. The normalized spacial score (nSPS) is 12.7. The van der Waals surface area contributed by atoms with E-state index < -0.39 is 11.0 Å². The highest BCUT2D eigenvalue weighted by Crippen LogP contribution is 2.40. The highest BCUT2D eigenvalue weighted by molar-refractivity contribution is 5.82. The summed E-state index contributed by atoms with van der Waals surface area (Å²) in [6.45, 7) is 16.8. The summed E-state index contributed by atoms with van der Waals surface area (Å²) in [6, 6.07) is 5.34. The molecular weight excluding hydrogens is 304 g/mol. The van der Waals surface area contributed by atoms with Gasteiger partial charge in [-0.15, -0.1) is 0 Å². The van der Waals surface area contributed by atoms with Gasteiger partial charge in [0.05, 0.1) is 5.41 Å². The van der Waals surface area contributed by atoms with Gasteiger partial charge in [0.25, 0.3) is 0 Å². The van der Waals surface area contributed by atoms with Crippen LogP contribution in [-0.2, 0) is 15.0 Å². The van der Waals surface area contributed by atoms with Crippen molar-refractivity contribution in [1.29, 1.82) is 0 Å². The summed E-state index contributed by atoms with van der Waals surface area (Å²) in [5.41, 5.74) is -0.617. The molecule has 0 aromatic heterocycles. The summed E-state index contributed by atoms with van der Waals surface area (Å²) in [5, 5.41) is 0. The van der Waals surface area contributed by atoms with Crippen molar-refractivity contribution in [3.63, 3.8) is 0 Å². The number of carbonyl (C=O) groups excluding carboxylic acids is 2. The highest BCUT2D eigenvalue weighted by Gasteiger charge is 2.43. The van der Waals surface area contributed by atoms with Crippen LogP contribution >= 0.6 is 0 Å². The minimum Gasteiger partial charge on any atom is -0.487 e. The van der Waals surface area contributed by atoms with E-state index in [1.165, 1.54) is 6.92 Å². The Balaban J connectivity index is 3.33. The molecule has 4 nitrogen and oxygen atoms in total. The zero-order valence-corrected chi connectivity index (χ0v) is 16.4. The van der Waals surface area contributed by atoms with Crippen LogP contribution < -0.4 is 9.47 Å². The predicted octanol–water partition coefficient (Wildman–Crippen LogP) is 4.68. The number of hydrogen-bond acceptors (Lipinski definition) is 4. The Hall–Kier alpha value is -1.84. The Morgan fingerprint density at radius 3 is 1.88 bits per heavy atom. The van der Waals surface area contributed by atoms with Gasteiger partial charge in [0, 0.05) is 12.5 Å². The number of ketones is 1. The van der Waals surface area contributed by atoms with Gasteiger partial charge >= 0.3 is 5.97 Å². The minimum atomic E-state index is -0.693. The largest absolute Gasteiger partial charge is 0.487 e. The van der Waals surface area contributed by atoms with Crippen LogP contribution in [0.5, 0.6) is 11.5 Å². The lowest BCUT2D eigenvalue weighted by atomic mass is 9.74. The van der Waals surface area contributed by atoms with Gasteiger partial charge in [0.2, 0.25) is 0 Å². The van der Waals surface area contributed by atoms with Gasteiger partial charge in [-0.05, 0) is 58.2 Å². The monoisotopic (exact) mass is 334 g/mol. The van der Waals surface area contributed by atoms with Gasteiger partial charge in [-0.3, -0.25) is 9.59 Å². The molecule has 24 heavy (non-hydrogen) atoms. The first-order valence-corrected chi connectivity index (χ1v) is 8.21. The van der Waals surface area contributed by atoms with Crippen LogP contribution in [0.15, 0.2) is 18.2 Å². The standard InChI is InChI=1S/C20H30O4/c1-13(21)19(6,7)20(8,9)24-17-11-10-15(23-14(2)22)12-16(17)18(3,4)5/h10-12H,1-9H3. The SMILES string of the molecule is CC(=O)Oc1ccc(OC(C)(C)C(C)(C)C(C)=O)c(C(C)(C)C)c1. The molecule has 1 aromatic rings. The molecule has 0 N–H and O–H groups in total. The number of hydrogen-bond donors (Lipinski definition) is 0. The summed E-state index contributed by atoms with van der Waals surface area (Å²) in [4.78, 5) is 23.2. The highest BCUT2D eigenvalue weighted by atomic mass is 16.5. The molecule has 0 heterocycles. The second-order valence-electron chi connectivity index (χ2n) is 8.30. The second kappa shape index (κ2) is 6.58. The first-order valence-electron chi connectivity index (χ1n) is 8.21. The van der Waals surface area contributed by atoms with E-state index in [9.17, 15) is 9.59 Å². The molecule has 0 aliphatic heterocycles. The zero-order valence-electron chi connectivity index (χ0n) is 16.4. The molecule has 0 saturated carbocycles. The van der Waals surface area contributed by atoms with Gasteiger partial charge in [-0.1, -0.05) is 20.8 Å². The second-order valence-corrected chi connectivity index (χ2v) is 8.30. The molecule has 4 heteroatoms. The molecule has 0 radical (unpaired) electrons. The van der Waals surface area contributed by atoms with Crippen molar-refractivity contribution < 1.29 is 19.1 Å². The quantitative estimate of drug-likeness (QED) is 0.579. The Kier molecular flexibility index (Phi) is 5.54. The predicted molar refractivity (Wildman–Crippen MR) is 95.6 cm³/mol. The van der Waals surface area contributed by atoms with E-state index in [1.54, 1.807) is 19.1 Å². The fourth-order valence-corrected chi connectivity index (χ4v) is 2.24. The van der Waals surface area contributed by atoms with E-state index in [1.807, 2.05) is 33.8 Å². The van der Waals surface area contributed by atoms with Crippen molar-refractivity contribution in [3.05, 3.63) is 23.8 Å². The average Bonchev–Trinajstić information content (AvgIpc) is 2.37. The lowest BCUT2D eigenvalue weighted by Gasteiger charge is -2.41. The first kappa shape index (κ1) is 20.2. The number of Topliss-reactive ketones (excluding diaryl/α,β-unsaturated/α-hetero) is 1. The number of esters is 1. The maximum Gasteiger partial charge on any atom is 0.308 e. The molecule has 0 bridgehead atoms. The number of carbonyl (C=O) groups is 2. The van der Waals surface area contributed by atoms with Crippen LogP contribution in [0.2, 0.25) is 0 Å². The number of benzene rings is 1. The van der Waals surface area contributed by atoms with E-state index in [-0.39, 0.29) is 17.2 Å². The van der Waals surface area contributed by atoms with Crippen LogP contribution in [0.4, 0.5) is 0 Å². The lowest BCUT2D eigenvalue weighted by molar-refractivity contribution is -0.135. The molecule has 0 spiro atoms. The van der Waals surface area contributed by atoms with Crippen molar-refractivity contribution in [2.45, 2.75) is 73.3 Å². The number of ether oxygens (including phenoxy) is 2.